The van der Waals surface area contributed by atoms with Crippen molar-refractivity contribution >= 4 is 0 Å². The molecule has 0 spiro atoms. The highest BCUT2D eigenvalue weighted by Crippen LogP contribution is 2.13. The summed E-state index contributed by atoms with van der Waals surface area (Å²) in [6.07, 6.45) is 48.7. The summed E-state index contributed by atoms with van der Waals surface area (Å²) in [4.78, 5) is 9.39. The lowest BCUT2D eigenvalue weighted by Gasteiger charge is -2.25. The van der Waals surface area contributed by atoms with E-state index in [0.29, 0.717) is 52.6 Å². The van der Waals surface area contributed by atoms with E-state index in [-0.39, 0.29) is 26.4 Å². The quantitative estimate of drug-likeness (QED) is 0.0347. The van der Waals surface area contributed by atoms with Crippen LogP contribution in [0.5, 0.6) is 0 Å². The Morgan fingerprint density at radius 1 is 0.258 bits per heavy atom. The fourth-order valence-corrected chi connectivity index (χ4v) is 8.82. The first-order valence-electron chi connectivity index (χ1n) is 28.4. The SMILES string of the molecule is CCCCCCCC/C=C/CCCCCCCCN(CCCN(CCO)CCO)CCOCCOCCN(CCCCCCCC/C=C/CCCCCCCC)CCCN(CCO)CCO. The van der Waals surface area contributed by atoms with Gasteiger partial charge in [0.1, 0.15) is 0 Å². The standard InChI is InChI=1S/C56H114N4O6/c1-3-5-7-9-11-13-15-17-19-21-23-25-27-29-31-33-37-57(39-35-41-59(43-49-61)44-50-62)47-53-65-55-56-66-54-48-58(40-36-42-60(45-51-63)46-52-64)38-34-32-30-28-26-24-22-20-18-16-14-12-10-8-6-4-2/h17-20,61-64H,3-16,21-56H2,1-2H3/b19-17+,20-18+. The second kappa shape index (κ2) is 56.7. The second-order valence-electron chi connectivity index (χ2n) is 19.1. The normalized spacial score (nSPS) is 12.3. The summed E-state index contributed by atoms with van der Waals surface area (Å²) in [7, 11) is 0. The lowest BCUT2D eigenvalue weighted by Crippen LogP contribution is -2.35. The maximum absolute atomic E-state index is 9.45. The molecule has 0 saturated heterocycles. The van der Waals surface area contributed by atoms with Crippen LogP contribution in [-0.4, -0.2) is 171 Å². The van der Waals surface area contributed by atoms with Crippen LogP contribution in [0, 0.1) is 0 Å². The van der Waals surface area contributed by atoms with E-state index in [1.807, 2.05) is 0 Å². The van der Waals surface area contributed by atoms with Crippen LogP contribution in [0.3, 0.4) is 0 Å². The van der Waals surface area contributed by atoms with Crippen molar-refractivity contribution in [1.82, 2.24) is 19.6 Å². The Bertz CT molecular complexity index is 875. The molecule has 66 heavy (non-hydrogen) atoms. The molecule has 0 bridgehead atoms. The van der Waals surface area contributed by atoms with E-state index in [2.05, 4.69) is 57.8 Å². The third-order valence-electron chi connectivity index (χ3n) is 13.0. The predicted octanol–water partition coefficient (Wildman–Crippen LogP) is 11.1. The van der Waals surface area contributed by atoms with Crippen LogP contribution in [0.2, 0.25) is 0 Å². The molecule has 0 unspecified atom stereocenters. The van der Waals surface area contributed by atoms with Crippen molar-refractivity contribution in [2.45, 2.75) is 206 Å². The van der Waals surface area contributed by atoms with Gasteiger partial charge in [-0.1, -0.05) is 154 Å². The largest absolute Gasteiger partial charge is 0.395 e. The molecule has 0 aliphatic carbocycles. The maximum Gasteiger partial charge on any atom is 0.0701 e. The van der Waals surface area contributed by atoms with Crippen molar-refractivity contribution in [1.29, 1.82) is 0 Å². The Balaban J connectivity index is 4.51. The Labute approximate surface area is 410 Å². The minimum atomic E-state index is 0.126. The summed E-state index contributed by atoms with van der Waals surface area (Å²) >= 11 is 0. The molecule has 0 aliphatic rings. The van der Waals surface area contributed by atoms with E-state index in [1.54, 1.807) is 0 Å². The van der Waals surface area contributed by atoms with Crippen LogP contribution in [0.1, 0.15) is 206 Å². The lowest BCUT2D eigenvalue weighted by molar-refractivity contribution is 0.0300. The molecule has 0 radical (unpaired) electrons. The van der Waals surface area contributed by atoms with Crippen LogP contribution in [-0.2, 0) is 9.47 Å². The minimum Gasteiger partial charge on any atom is -0.395 e. The number of unbranched alkanes of at least 4 members (excludes halogenated alkanes) is 24. The number of aliphatic hydroxyl groups excluding tert-OH is 4. The zero-order valence-corrected chi connectivity index (χ0v) is 44.1. The first kappa shape index (κ1) is 65.1. The van der Waals surface area contributed by atoms with Gasteiger partial charge in [-0.2, -0.15) is 0 Å². The fourth-order valence-electron chi connectivity index (χ4n) is 8.82. The Morgan fingerprint density at radius 2 is 0.500 bits per heavy atom. The van der Waals surface area contributed by atoms with Crippen molar-refractivity contribution in [2.24, 2.45) is 0 Å². The van der Waals surface area contributed by atoms with Gasteiger partial charge in [0.05, 0.1) is 52.9 Å². The fraction of sp³-hybridized carbons (Fsp3) is 0.929. The zero-order valence-electron chi connectivity index (χ0n) is 44.1. The van der Waals surface area contributed by atoms with Crippen molar-refractivity contribution in [3.05, 3.63) is 24.3 Å². The molecule has 0 atom stereocenters. The Hall–Kier alpha value is -0.920. The van der Waals surface area contributed by atoms with Crippen molar-refractivity contribution in [3.63, 3.8) is 0 Å². The van der Waals surface area contributed by atoms with Crippen LogP contribution in [0.4, 0.5) is 0 Å². The van der Waals surface area contributed by atoms with Gasteiger partial charge >= 0.3 is 0 Å². The van der Waals surface area contributed by atoms with E-state index < -0.39 is 0 Å². The van der Waals surface area contributed by atoms with Crippen molar-refractivity contribution in [3.8, 4) is 0 Å². The average molecular weight is 940 g/mol. The highest BCUT2D eigenvalue weighted by atomic mass is 16.5. The first-order valence-corrected chi connectivity index (χ1v) is 28.4. The summed E-state index contributed by atoms with van der Waals surface area (Å²) in [5.41, 5.74) is 0. The van der Waals surface area contributed by atoms with Gasteiger partial charge < -0.3 is 39.7 Å². The van der Waals surface area contributed by atoms with Gasteiger partial charge in [-0.3, -0.25) is 9.80 Å². The van der Waals surface area contributed by atoms with Gasteiger partial charge in [-0.15, -0.1) is 0 Å². The highest BCUT2D eigenvalue weighted by molar-refractivity contribution is 4.82. The van der Waals surface area contributed by atoms with Crippen LogP contribution in [0.15, 0.2) is 24.3 Å². The zero-order chi connectivity index (χ0) is 47.9. The van der Waals surface area contributed by atoms with E-state index in [1.165, 1.54) is 180 Å². The van der Waals surface area contributed by atoms with E-state index in [9.17, 15) is 20.4 Å². The van der Waals surface area contributed by atoms with Gasteiger partial charge in [0, 0.05) is 39.3 Å². The molecule has 0 aromatic carbocycles. The van der Waals surface area contributed by atoms with Crippen molar-refractivity contribution in [2.75, 3.05) is 131 Å². The maximum atomic E-state index is 9.45. The van der Waals surface area contributed by atoms with Gasteiger partial charge in [0.2, 0.25) is 0 Å². The van der Waals surface area contributed by atoms with Crippen molar-refractivity contribution < 1.29 is 29.9 Å². The number of allylic oxidation sites excluding steroid dienone is 4. The molecule has 0 amide bonds. The van der Waals surface area contributed by atoms with Gasteiger partial charge in [-0.05, 0) is 116 Å². The number of nitrogens with zero attached hydrogens (tertiary/aromatic N) is 4. The Morgan fingerprint density at radius 3 is 0.788 bits per heavy atom. The van der Waals surface area contributed by atoms with Gasteiger partial charge in [-0.25, -0.2) is 0 Å². The van der Waals surface area contributed by atoms with E-state index >= 15 is 0 Å². The van der Waals surface area contributed by atoms with E-state index in [0.717, 1.165) is 65.2 Å². The predicted molar refractivity (Wildman–Crippen MR) is 284 cm³/mol. The van der Waals surface area contributed by atoms with Crippen LogP contribution in [0.25, 0.3) is 0 Å². The summed E-state index contributed by atoms with van der Waals surface area (Å²) in [5.74, 6) is 0. The molecule has 0 rings (SSSR count). The number of hydrogen-bond acceptors (Lipinski definition) is 10. The summed E-state index contributed by atoms with van der Waals surface area (Å²) in [6, 6.07) is 0. The smallest absolute Gasteiger partial charge is 0.0701 e. The van der Waals surface area contributed by atoms with E-state index in [4.69, 9.17) is 9.47 Å². The number of aliphatic hydroxyl groups is 4. The number of ether oxygens (including phenoxy) is 2. The first-order chi connectivity index (χ1) is 32.6. The molecule has 0 fully saturated rings. The topological polar surface area (TPSA) is 112 Å². The molecule has 4 N–H and O–H groups in total. The molecule has 10 nitrogen and oxygen atoms in total. The van der Waals surface area contributed by atoms with Gasteiger partial charge in [0.15, 0.2) is 0 Å². The minimum absolute atomic E-state index is 0.126. The van der Waals surface area contributed by atoms with Crippen LogP contribution >= 0.6 is 0 Å². The number of rotatable bonds is 57. The second-order valence-corrected chi connectivity index (χ2v) is 19.1. The molecule has 0 aromatic rings. The third-order valence-corrected chi connectivity index (χ3v) is 13.0. The molecule has 0 aromatic heterocycles. The van der Waals surface area contributed by atoms with Gasteiger partial charge in [0.25, 0.3) is 0 Å². The molecule has 10 heteroatoms. The lowest BCUT2D eigenvalue weighted by atomic mass is 10.1. The monoisotopic (exact) mass is 939 g/mol. The average Bonchev–Trinajstić information content (AvgIpc) is 3.31. The summed E-state index contributed by atoms with van der Waals surface area (Å²) in [5, 5.41) is 37.8. The Kier molecular flexibility index (Phi) is 55.9. The molecule has 0 aliphatic heterocycles. The molecular formula is C56H114N4O6. The molecule has 0 saturated carbocycles. The summed E-state index contributed by atoms with van der Waals surface area (Å²) in [6.45, 7) is 17.9. The highest BCUT2D eigenvalue weighted by Gasteiger charge is 2.10. The summed E-state index contributed by atoms with van der Waals surface area (Å²) < 4.78 is 12.2. The number of hydrogen-bond donors (Lipinski definition) is 4. The molecule has 394 valence electrons. The molecular weight excluding hydrogens is 825 g/mol. The van der Waals surface area contributed by atoms with Crippen LogP contribution < -0.4 is 0 Å². The third kappa shape index (κ3) is 49.5. The molecule has 0 heterocycles.